The summed E-state index contributed by atoms with van der Waals surface area (Å²) in [5.74, 6) is -0.433. The first-order chi connectivity index (χ1) is 9.88. The Hall–Kier alpha value is -0.860. The van der Waals surface area contributed by atoms with Crippen LogP contribution in [0.15, 0.2) is 27.8 Å². The molecule has 0 saturated heterocycles. The van der Waals surface area contributed by atoms with E-state index < -0.39 is 16.8 Å². The summed E-state index contributed by atoms with van der Waals surface area (Å²) in [7, 11) is -0.935. The summed E-state index contributed by atoms with van der Waals surface area (Å²) >= 11 is 4.62. The second-order valence-electron chi connectivity index (χ2n) is 4.67. The Morgan fingerprint density at radius 2 is 2.29 bits per heavy atom. The van der Waals surface area contributed by atoms with Gasteiger partial charge in [0.25, 0.3) is 0 Å². The number of imidazole rings is 1. The van der Waals surface area contributed by atoms with Gasteiger partial charge in [-0.25, -0.2) is 4.98 Å². The highest BCUT2D eigenvalue weighted by Gasteiger charge is 2.18. The molecule has 0 aliphatic carbocycles. The molecule has 0 saturated carbocycles. The van der Waals surface area contributed by atoms with E-state index in [1.165, 1.54) is 11.8 Å². The molecule has 2 atom stereocenters. The number of carboxylic acid groups (broad SMARTS) is 1. The van der Waals surface area contributed by atoms with Gasteiger partial charge < -0.3 is 9.67 Å². The molecule has 1 aromatic carbocycles. The van der Waals surface area contributed by atoms with E-state index in [9.17, 15) is 9.00 Å². The Morgan fingerprint density at radius 1 is 1.57 bits per heavy atom. The van der Waals surface area contributed by atoms with E-state index in [4.69, 9.17) is 5.11 Å². The third-order valence-corrected chi connectivity index (χ3v) is 5.24. The minimum atomic E-state index is -0.935. The highest BCUT2D eigenvalue weighted by atomic mass is 79.9. The van der Waals surface area contributed by atoms with Crippen molar-refractivity contribution in [3.8, 4) is 0 Å². The monoisotopic (exact) mass is 390 g/mol. The lowest BCUT2D eigenvalue weighted by atomic mass is 10.3. The Labute approximate surface area is 137 Å². The van der Waals surface area contributed by atoms with Crippen LogP contribution in [0.1, 0.15) is 13.0 Å². The van der Waals surface area contributed by atoms with E-state index in [2.05, 4.69) is 20.9 Å². The standard InChI is InChI=1S/C13H15BrN2O3S2/c1-8(7-21(2)19)16-11-5-9(14)3-4-10(11)15-13(16)20-6-12(17)18/h3-5,8H,6-7H2,1-2H3,(H,17,18). The van der Waals surface area contributed by atoms with Gasteiger partial charge in [0.1, 0.15) is 0 Å². The number of benzene rings is 1. The summed E-state index contributed by atoms with van der Waals surface area (Å²) in [5, 5.41) is 9.50. The lowest BCUT2D eigenvalue weighted by molar-refractivity contribution is -0.133. The van der Waals surface area contributed by atoms with Gasteiger partial charge in [0.05, 0.1) is 16.8 Å². The van der Waals surface area contributed by atoms with Gasteiger partial charge in [-0.2, -0.15) is 0 Å². The second-order valence-corrected chi connectivity index (χ2v) is 8.01. The zero-order valence-corrected chi connectivity index (χ0v) is 14.8. The topological polar surface area (TPSA) is 72.2 Å². The fourth-order valence-electron chi connectivity index (χ4n) is 2.11. The number of thioether (sulfide) groups is 1. The van der Waals surface area contributed by atoms with E-state index >= 15 is 0 Å². The summed E-state index contributed by atoms with van der Waals surface area (Å²) in [6, 6.07) is 5.71. The van der Waals surface area contributed by atoms with Crippen molar-refractivity contribution in [1.29, 1.82) is 0 Å². The van der Waals surface area contributed by atoms with Crippen LogP contribution in [0, 0.1) is 0 Å². The Balaban J connectivity index is 2.49. The lowest BCUT2D eigenvalue weighted by Gasteiger charge is -2.16. The van der Waals surface area contributed by atoms with E-state index in [1.54, 1.807) is 6.26 Å². The number of halogens is 1. The number of rotatable bonds is 6. The molecule has 0 amide bonds. The van der Waals surface area contributed by atoms with Crippen LogP contribution >= 0.6 is 27.7 Å². The molecule has 0 spiro atoms. The lowest BCUT2D eigenvalue weighted by Crippen LogP contribution is -2.14. The van der Waals surface area contributed by atoms with Crippen molar-refractivity contribution in [2.45, 2.75) is 18.1 Å². The molecule has 0 aliphatic rings. The van der Waals surface area contributed by atoms with Gasteiger partial charge in [0.15, 0.2) is 5.16 Å². The zero-order valence-electron chi connectivity index (χ0n) is 11.6. The molecule has 0 radical (unpaired) electrons. The second kappa shape index (κ2) is 6.93. The minimum absolute atomic E-state index is 0.0218. The third-order valence-electron chi connectivity index (χ3n) is 2.86. The van der Waals surface area contributed by atoms with Crippen molar-refractivity contribution in [1.82, 2.24) is 9.55 Å². The summed E-state index contributed by atoms with van der Waals surface area (Å²) in [5.41, 5.74) is 1.72. The molecule has 1 N–H and O–H groups in total. The van der Waals surface area contributed by atoms with E-state index in [1.807, 2.05) is 29.7 Å². The van der Waals surface area contributed by atoms with E-state index in [-0.39, 0.29) is 11.8 Å². The molecule has 2 aromatic rings. The molecule has 1 aromatic heterocycles. The van der Waals surface area contributed by atoms with Crippen LogP contribution in [0.5, 0.6) is 0 Å². The van der Waals surface area contributed by atoms with Crippen molar-refractivity contribution < 1.29 is 14.1 Å². The molecule has 0 bridgehead atoms. The fourth-order valence-corrected chi connectivity index (χ4v) is 4.12. The average Bonchev–Trinajstić information content (AvgIpc) is 2.73. The van der Waals surface area contributed by atoms with Crippen molar-refractivity contribution >= 4 is 55.5 Å². The Morgan fingerprint density at radius 3 is 2.90 bits per heavy atom. The van der Waals surface area contributed by atoms with Crippen LogP contribution < -0.4 is 0 Å². The maximum absolute atomic E-state index is 11.5. The van der Waals surface area contributed by atoms with Crippen LogP contribution in [0.4, 0.5) is 0 Å². The summed E-state index contributed by atoms with van der Waals surface area (Å²) in [6.07, 6.45) is 1.66. The van der Waals surface area contributed by atoms with Gasteiger partial charge >= 0.3 is 5.97 Å². The number of aliphatic carboxylic acids is 1. The number of carbonyl (C=O) groups is 1. The summed E-state index contributed by atoms with van der Waals surface area (Å²) in [6.45, 7) is 1.97. The first-order valence-corrected chi connectivity index (χ1v) is 9.71. The first kappa shape index (κ1) is 16.5. The predicted molar refractivity (Wildman–Crippen MR) is 89.4 cm³/mol. The Bertz CT molecular complexity index is 702. The molecular weight excluding hydrogens is 376 g/mol. The number of nitrogens with zero attached hydrogens (tertiary/aromatic N) is 2. The molecule has 2 rings (SSSR count). The normalized spacial score (nSPS) is 14.2. The maximum atomic E-state index is 11.5. The molecule has 1 heterocycles. The maximum Gasteiger partial charge on any atom is 0.313 e. The van der Waals surface area contributed by atoms with Crippen molar-refractivity contribution in [3.63, 3.8) is 0 Å². The molecule has 0 aliphatic heterocycles. The number of hydrogen-bond donors (Lipinski definition) is 1. The van der Waals surface area contributed by atoms with Gasteiger partial charge in [0, 0.05) is 33.3 Å². The van der Waals surface area contributed by atoms with Crippen molar-refractivity contribution in [2.24, 2.45) is 0 Å². The van der Waals surface area contributed by atoms with Crippen molar-refractivity contribution in [3.05, 3.63) is 22.7 Å². The Kier molecular flexibility index (Phi) is 5.45. The summed E-state index contributed by atoms with van der Waals surface area (Å²) in [4.78, 5) is 15.3. The van der Waals surface area contributed by atoms with E-state index in [0.717, 1.165) is 15.5 Å². The third kappa shape index (κ3) is 4.08. The van der Waals surface area contributed by atoms with Crippen LogP contribution in [-0.4, -0.2) is 42.6 Å². The minimum Gasteiger partial charge on any atom is -0.481 e. The predicted octanol–water partition coefficient (Wildman–Crippen LogP) is 2.92. The molecule has 8 heteroatoms. The molecule has 2 unspecified atom stereocenters. The van der Waals surface area contributed by atoms with Gasteiger partial charge in [-0.15, -0.1) is 0 Å². The number of fused-ring (bicyclic) bond motifs is 1. The molecule has 5 nitrogen and oxygen atoms in total. The average molecular weight is 391 g/mol. The van der Waals surface area contributed by atoms with Crippen LogP contribution in [-0.2, 0) is 15.6 Å². The fraction of sp³-hybridized carbons (Fsp3) is 0.385. The highest BCUT2D eigenvalue weighted by molar-refractivity contribution is 9.10. The molecule has 0 fully saturated rings. The number of aromatic nitrogens is 2. The molecule has 21 heavy (non-hydrogen) atoms. The number of carboxylic acids is 1. The summed E-state index contributed by atoms with van der Waals surface area (Å²) < 4.78 is 14.4. The van der Waals surface area contributed by atoms with Gasteiger partial charge in [-0.3, -0.25) is 9.00 Å². The van der Waals surface area contributed by atoms with Crippen LogP contribution in [0.3, 0.4) is 0 Å². The van der Waals surface area contributed by atoms with Gasteiger partial charge in [-0.05, 0) is 25.1 Å². The van der Waals surface area contributed by atoms with Gasteiger partial charge in [-0.1, -0.05) is 27.7 Å². The smallest absolute Gasteiger partial charge is 0.313 e. The zero-order chi connectivity index (χ0) is 15.6. The van der Waals surface area contributed by atoms with Crippen molar-refractivity contribution in [2.75, 3.05) is 17.8 Å². The SMILES string of the molecule is CC(CS(C)=O)n1c(SCC(=O)O)nc2ccc(Br)cc21. The van der Waals surface area contributed by atoms with Crippen LogP contribution in [0.25, 0.3) is 11.0 Å². The van der Waals surface area contributed by atoms with Gasteiger partial charge in [0.2, 0.25) is 0 Å². The number of hydrogen-bond acceptors (Lipinski definition) is 4. The first-order valence-electron chi connectivity index (χ1n) is 6.20. The quantitative estimate of drug-likeness (QED) is 0.767. The molecular formula is C13H15BrN2O3S2. The molecule has 114 valence electrons. The highest BCUT2D eigenvalue weighted by Crippen LogP contribution is 2.30. The largest absolute Gasteiger partial charge is 0.481 e. The van der Waals surface area contributed by atoms with Crippen LogP contribution in [0.2, 0.25) is 0 Å². The van der Waals surface area contributed by atoms with E-state index in [0.29, 0.717) is 10.9 Å².